The molecule has 0 aromatic heterocycles. The molecule has 0 atom stereocenters. The number of carbonyl (C=O) groups excluding carboxylic acids is 4. The predicted molar refractivity (Wildman–Crippen MR) is 130 cm³/mol. The van der Waals surface area contributed by atoms with Crippen LogP contribution < -0.4 is 21.5 Å². The van der Waals surface area contributed by atoms with Gasteiger partial charge in [0.05, 0.1) is 13.0 Å². The molecule has 2 aromatic carbocycles. The zero-order valence-corrected chi connectivity index (χ0v) is 19.5. The third-order valence-corrected chi connectivity index (χ3v) is 4.74. The summed E-state index contributed by atoms with van der Waals surface area (Å²) in [7, 11) is 0. The maximum atomic E-state index is 11.9. The lowest BCUT2D eigenvalue weighted by Crippen LogP contribution is -2.48. The zero-order chi connectivity index (χ0) is 24.6. The SMILES string of the molecule is O=C(CCC(=O)NNC(=S)NC(=O)CCC(=O)OCCc1ccccc1)NCc1ccccc1. The van der Waals surface area contributed by atoms with E-state index in [1.54, 1.807) is 0 Å². The molecule has 0 bridgehead atoms. The summed E-state index contributed by atoms with van der Waals surface area (Å²) >= 11 is 4.93. The average Bonchev–Trinajstić information content (AvgIpc) is 2.85. The van der Waals surface area contributed by atoms with Gasteiger partial charge in [0.15, 0.2) is 5.11 Å². The molecule has 3 amide bonds. The van der Waals surface area contributed by atoms with Crippen molar-refractivity contribution in [3.63, 3.8) is 0 Å². The number of carbonyl (C=O) groups is 4. The van der Waals surface area contributed by atoms with Crippen LogP contribution in [0.4, 0.5) is 0 Å². The van der Waals surface area contributed by atoms with Gasteiger partial charge in [-0.3, -0.25) is 30.0 Å². The van der Waals surface area contributed by atoms with E-state index in [1.807, 2.05) is 60.7 Å². The van der Waals surface area contributed by atoms with Gasteiger partial charge in [-0.25, -0.2) is 0 Å². The second-order valence-corrected chi connectivity index (χ2v) is 7.68. The summed E-state index contributed by atoms with van der Waals surface area (Å²) in [6.07, 6.45) is 0.348. The first kappa shape index (κ1) is 26.5. The van der Waals surface area contributed by atoms with Crippen LogP contribution >= 0.6 is 12.2 Å². The number of thiocarbonyl (C=S) groups is 1. The maximum Gasteiger partial charge on any atom is 0.306 e. The van der Waals surface area contributed by atoms with E-state index < -0.39 is 17.8 Å². The molecule has 0 aliphatic heterocycles. The minimum Gasteiger partial charge on any atom is -0.465 e. The Kier molecular flexibility index (Phi) is 11.8. The van der Waals surface area contributed by atoms with E-state index in [0.29, 0.717) is 13.0 Å². The number of hydrazine groups is 1. The second-order valence-electron chi connectivity index (χ2n) is 7.27. The Morgan fingerprint density at radius 3 is 1.97 bits per heavy atom. The smallest absolute Gasteiger partial charge is 0.306 e. The van der Waals surface area contributed by atoms with Gasteiger partial charge in [-0.2, -0.15) is 0 Å². The third-order valence-electron chi connectivity index (χ3n) is 4.53. The second kappa shape index (κ2) is 15.1. The molecule has 0 aliphatic carbocycles. The highest BCUT2D eigenvalue weighted by Crippen LogP contribution is 2.01. The number of ether oxygens (including phenoxy) is 1. The van der Waals surface area contributed by atoms with E-state index in [-0.39, 0.29) is 43.3 Å². The topological polar surface area (TPSA) is 126 Å². The zero-order valence-electron chi connectivity index (χ0n) is 18.7. The van der Waals surface area contributed by atoms with Crippen molar-refractivity contribution >= 4 is 41.0 Å². The first-order chi connectivity index (χ1) is 16.4. The van der Waals surface area contributed by atoms with Crippen LogP contribution in [-0.2, 0) is 36.9 Å². The number of rotatable bonds is 11. The van der Waals surface area contributed by atoms with Crippen LogP contribution in [0.25, 0.3) is 0 Å². The predicted octanol–water partition coefficient (Wildman–Crippen LogP) is 1.67. The van der Waals surface area contributed by atoms with E-state index in [4.69, 9.17) is 17.0 Å². The van der Waals surface area contributed by atoms with Crippen molar-refractivity contribution in [3.05, 3.63) is 71.8 Å². The van der Waals surface area contributed by atoms with Crippen molar-refractivity contribution in [2.75, 3.05) is 6.61 Å². The number of benzene rings is 2. The Hall–Kier alpha value is -3.79. The van der Waals surface area contributed by atoms with Gasteiger partial charge in [0.2, 0.25) is 17.7 Å². The quantitative estimate of drug-likeness (QED) is 0.217. The molecule has 9 nitrogen and oxygen atoms in total. The summed E-state index contributed by atoms with van der Waals surface area (Å²) in [6, 6.07) is 19.0. The van der Waals surface area contributed by atoms with E-state index in [0.717, 1.165) is 11.1 Å². The molecule has 10 heteroatoms. The summed E-state index contributed by atoms with van der Waals surface area (Å²) in [5, 5.41) is 4.96. The molecule has 34 heavy (non-hydrogen) atoms. The highest BCUT2D eigenvalue weighted by Gasteiger charge is 2.11. The molecule has 0 unspecified atom stereocenters. The van der Waals surface area contributed by atoms with Gasteiger partial charge in [-0.1, -0.05) is 60.7 Å². The molecule has 0 radical (unpaired) electrons. The van der Waals surface area contributed by atoms with Gasteiger partial charge in [-0.05, 0) is 23.3 Å². The van der Waals surface area contributed by atoms with Crippen LogP contribution in [0.2, 0.25) is 0 Å². The number of nitrogens with one attached hydrogen (secondary N) is 4. The summed E-state index contributed by atoms with van der Waals surface area (Å²) in [5.41, 5.74) is 6.71. The molecule has 180 valence electrons. The molecule has 0 heterocycles. The largest absolute Gasteiger partial charge is 0.465 e. The number of hydrogen-bond acceptors (Lipinski definition) is 6. The molecule has 0 saturated carbocycles. The van der Waals surface area contributed by atoms with Crippen molar-refractivity contribution in [1.82, 2.24) is 21.5 Å². The Balaban J connectivity index is 1.51. The Morgan fingerprint density at radius 2 is 1.29 bits per heavy atom. The van der Waals surface area contributed by atoms with Crippen LogP contribution in [-0.4, -0.2) is 35.4 Å². The highest BCUT2D eigenvalue weighted by molar-refractivity contribution is 7.80. The molecule has 2 rings (SSSR count). The number of esters is 1. The maximum absolute atomic E-state index is 11.9. The fourth-order valence-corrected chi connectivity index (χ4v) is 2.90. The lowest BCUT2D eigenvalue weighted by molar-refractivity contribution is -0.144. The van der Waals surface area contributed by atoms with Crippen LogP contribution in [0.5, 0.6) is 0 Å². The van der Waals surface area contributed by atoms with Crippen molar-refractivity contribution in [2.24, 2.45) is 0 Å². The molecule has 4 N–H and O–H groups in total. The first-order valence-corrected chi connectivity index (χ1v) is 11.2. The number of hydrogen-bond donors (Lipinski definition) is 4. The van der Waals surface area contributed by atoms with Crippen LogP contribution in [0.15, 0.2) is 60.7 Å². The molecular weight excluding hydrogens is 456 g/mol. The van der Waals surface area contributed by atoms with Crippen LogP contribution in [0.3, 0.4) is 0 Å². The van der Waals surface area contributed by atoms with E-state index in [9.17, 15) is 19.2 Å². The molecule has 0 saturated heterocycles. The minimum atomic E-state index is -0.493. The third kappa shape index (κ3) is 11.7. The number of amides is 3. The van der Waals surface area contributed by atoms with Gasteiger partial charge in [0, 0.05) is 32.2 Å². The van der Waals surface area contributed by atoms with E-state index >= 15 is 0 Å². The van der Waals surface area contributed by atoms with Gasteiger partial charge in [0.1, 0.15) is 0 Å². The Labute approximate surface area is 203 Å². The van der Waals surface area contributed by atoms with E-state index in [2.05, 4.69) is 21.5 Å². The lowest BCUT2D eigenvalue weighted by atomic mass is 10.2. The average molecular weight is 485 g/mol. The summed E-state index contributed by atoms with van der Waals surface area (Å²) in [5.74, 6) is -1.70. The van der Waals surface area contributed by atoms with Crippen LogP contribution in [0.1, 0.15) is 36.8 Å². The van der Waals surface area contributed by atoms with Crippen molar-refractivity contribution < 1.29 is 23.9 Å². The summed E-state index contributed by atoms with van der Waals surface area (Å²) in [4.78, 5) is 47.3. The van der Waals surface area contributed by atoms with Gasteiger partial charge >= 0.3 is 5.97 Å². The molecule has 0 spiro atoms. The van der Waals surface area contributed by atoms with Crippen molar-refractivity contribution in [1.29, 1.82) is 0 Å². The van der Waals surface area contributed by atoms with Crippen molar-refractivity contribution in [3.8, 4) is 0 Å². The first-order valence-electron chi connectivity index (χ1n) is 10.8. The normalized spacial score (nSPS) is 10.0. The summed E-state index contributed by atoms with van der Waals surface area (Å²) < 4.78 is 5.11. The molecule has 0 fully saturated rings. The fourth-order valence-electron chi connectivity index (χ4n) is 2.74. The van der Waals surface area contributed by atoms with Crippen LogP contribution in [0, 0.1) is 0 Å². The standard InChI is InChI=1S/C24H28N4O5S/c29-20(25-17-19-9-5-2-6-10-19)11-12-22(31)27-28-24(34)26-21(30)13-14-23(32)33-16-15-18-7-3-1-4-8-18/h1-10H,11-17H2,(H,25,29)(H,27,31)(H2,26,28,30,34). The van der Waals surface area contributed by atoms with Crippen molar-refractivity contribution in [2.45, 2.75) is 38.6 Å². The molecular formula is C24H28N4O5S. The van der Waals surface area contributed by atoms with E-state index in [1.165, 1.54) is 0 Å². The van der Waals surface area contributed by atoms with Gasteiger partial charge in [-0.15, -0.1) is 0 Å². The lowest BCUT2D eigenvalue weighted by Gasteiger charge is -2.11. The van der Waals surface area contributed by atoms with Gasteiger partial charge in [0.25, 0.3) is 0 Å². The highest BCUT2D eigenvalue weighted by atomic mass is 32.1. The molecule has 0 aliphatic rings. The fraction of sp³-hybridized carbons (Fsp3) is 0.292. The minimum absolute atomic E-state index is 0.00581. The monoisotopic (exact) mass is 484 g/mol. The van der Waals surface area contributed by atoms with Gasteiger partial charge < -0.3 is 15.4 Å². The molecule has 2 aromatic rings. The Morgan fingerprint density at radius 1 is 0.706 bits per heavy atom. The Bertz CT molecular complexity index is 970. The summed E-state index contributed by atoms with van der Waals surface area (Å²) in [6.45, 7) is 0.622.